The van der Waals surface area contributed by atoms with Gasteiger partial charge < -0.3 is 15.3 Å². The Bertz CT molecular complexity index is 402. The molecule has 0 atom stereocenters. The van der Waals surface area contributed by atoms with Gasteiger partial charge in [-0.25, -0.2) is 4.79 Å². The summed E-state index contributed by atoms with van der Waals surface area (Å²) in [4.78, 5) is 16.9. The highest BCUT2D eigenvalue weighted by Crippen LogP contribution is 2.16. The Kier molecular flexibility index (Phi) is 4.07. The Morgan fingerprint density at radius 1 is 1.53 bits per heavy atom. The van der Waals surface area contributed by atoms with E-state index in [2.05, 4.69) is 29.0 Å². The highest BCUT2D eigenvalue weighted by Gasteiger charge is 2.21. The molecule has 5 nitrogen and oxygen atoms in total. The predicted octanol–water partition coefficient (Wildman–Crippen LogP) is 1.53. The molecule has 0 aromatic carbocycles. The van der Waals surface area contributed by atoms with Crippen molar-refractivity contribution >= 4 is 11.7 Å². The number of nitrogens with one attached hydrogen (secondary N) is 1. The van der Waals surface area contributed by atoms with Crippen LogP contribution in [0, 0.1) is 0 Å². The van der Waals surface area contributed by atoms with Crippen LogP contribution in [0.2, 0.25) is 0 Å². The number of carboxylic acids is 1. The number of rotatable bonds is 5. The second-order valence-electron chi connectivity index (χ2n) is 4.79. The Morgan fingerprint density at radius 3 is 2.71 bits per heavy atom. The maximum Gasteiger partial charge on any atom is 0.339 e. The zero-order valence-electron chi connectivity index (χ0n) is 10.7. The molecule has 0 bridgehead atoms. The molecule has 0 amide bonds. The van der Waals surface area contributed by atoms with Gasteiger partial charge in [0.1, 0.15) is 5.56 Å². The van der Waals surface area contributed by atoms with Gasteiger partial charge in [-0.05, 0) is 34.0 Å². The van der Waals surface area contributed by atoms with Crippen molar-refractivity contribution in [1.29, 1.82) is 0 Å². The molecule has 0 aliphatic heterocycles. The summed E-state index contributed by atoms with van der Waals surface area (Å²) in [6.07, 6.45) is 2.94. The first-order valence-corrected chi connectivity index (χ1v) is 5.43. The van der Waals surface area contributed by atoms with E-state index in [0.29, 0.717) is 12.2 Å². The van der Waals surface area contributed by atoms with Crippen LogP contribution in [0.15, 0.2) is 18.5 Å². The average Bonchev–Trinajstić information content (AvgIpc) is 2.26. The maximum atomic E-state index is 11.0. The van der Waals surface area contributed by atoms with E-state index in [1.807, 2.05) is 14.1 Å². The molecule has 17 heavy (non-hydrogen) atoms. The molecule has 5 heteroatoms. The number of anilines is 1. The normalized spacial score (nSPS) is 11.6. The number of likely N-dealkylation sites (N-methyl/N-ethyl adjacent to an activating group) is 1. The van der Waals surface area contributed by atoms with Gasteiger partial charge in [-0.1, -0.05) is 0 Å². The molecule has 0 fully saturated rings. The molecule has 0 radical (unpaired) electrons. The number of hydrogen-bond donors (Lipinski definition) is 2. The number of carbonyl (C=O) groups is 1. The minimum absolute atomic E-state index is 0.0565. The van der Waals surface area contributed by atoms with Gasteiger partial charge in [0.15, 0.2) is 0 Å². The number of pyridine rings is 1. The van der Waals surface area contributed by atoms with Gasteiger partial charge in [-0.2, -0.15) is 0 Å². The molecule has 0 unspecified atom stereocenters. The summed E-state index contributed by atoms with van der Waals surface area (Å²) >= 11 is 0. The summed E-state index contributed by atoms with van der Waals surface area (Å²) in [6, 6.07) is 1.68. The van der Waals surface area contributed by atoms with Crippen molar-refractivity contribution in [1.82, 2.24) is 9.88 Å². The summed E-state index contributed by atoms with van der Waals surface area (Å²) in [5.74, 6) is -0.969. The molecule has 1 heterocycles. The minimum Gasteiger partial charge on any atom is -0.478 e. The summed E-state index contributed by atoms with van der Waals surface area (Å²) in [5.41, 5.74) is 0.739. The molecule has 0 aliphatic rings. The highest BCUT2D eigenvalue weighted by molar-refractivity contribution is 5.93. The number of nitrogens with zero attached hydrogens (tertiary/aromatic N) is 2. The number of aromatic nitrogens is 1. The van der Waals surface area contributed by atoms with Crippen LogP contribution in [0.5, 0.6) is 0 Å². The topological polar surface area (TPSA) is 65.5 Å². The number of carboxylic acid groups (broad SMARTS) is 1. The van der Waals surface area contributed by atoms with Gasteiger partial charge in [-0.3, -0.25) is 4.98 Å². The fourth-order valence-corrected chi connectivity index (χ4v) is 1.19. The molecule has 1 aromatic heterocycles. The molecule has 0 saturated carbocycles. The van der Waals surface area contributed by atoms with Crippen LogP contribution in [-0.4, -0.2) is 47.1 Å². The lowest BCUT2D eigenvalue weighted by molar-refractivity contribution is 0.0697. The first-order chi connectivity index (χ1) is 7.84. The van der Waals surface area contributed by atoms with E-state index in [9.17, 15) is 4.79 Å². The van der Waals surface area contributed by atoms with E-state index < -0.39 is 5.97 Å². The van der Waals surface area contributed by atoms with Crippen LogP contribution in [0.1, 0.15) is 24.2 Å². The lowest BCUT2D eigenvalue weighted by atomic mass is 10.0. The summed E-state index contributed by atoms with van der Waals surface area (Å²) in [5, 5.41) is 12.2. The molecular weight excluding hydrogens is 218 g/mol. The first kappa shape index (κ1) is 13.4. The molecular formula is C12H19N3O2. The molecule has 2 N–H and O–H groups in total. The fraction of sp³-hybridized carbons (Fsp3) is 0.500. The SMILES string of the molecule is CN(C)C(C)(C)CNc1ccncc1C(=O)O. The standard InChI is InChI=1S/C12H19N3O2/c1-12(2,15(3)4)8-14-10-5-6-13-7-9(10)11(16)17/h5-7H,8H2,1-4H3,(H,13,14)(H,16,17). The van der Waals surface area contributed by atoms with Crippen molar-refractivity contribution in [3.8, 4) is 0 Å². The van der Waals surface area contributed by atoms with Crippen LogP contribution >= 0.6 is 0 Å². The molecule has 1 aromatic rings. The Balaban J connectivity index is 2.79. The third-order valence-electron chi connectivity index (χ3n) is 2.97. The van der Waals surface area contributed by atoms with E-state index in [-0.39, 0.29) is 11.1 Å². The quantitative estimate of drug-likeness (QED) is 0.813. The van der Waals surface area contributed by atoms with E-state index in [1.54, 1.807) is 12.3 Å². The molecule has 0 aliphatic carbocycles. The van der Waals surface area contributed by atoms with E-state index >= 15 is 0 Å². The van der Waals surface area contributed by atoms with Gasteiger partial charge in [0.05, 0.1) is 5.69 Å². The Hall–Kier alpha value is -1.62. The first-order valence-electron chi connectivity index (χ1n) is 5.43. The fourth-order valence-electron chi connectivity index (χ4n) is 1.19. The van der Waals surface area contributed by atoms with Crippen LogP contribution in [0.3, 0.4) is 0 Å². The minimum atomic E-state index is -0.969. The van der Waals surface area contributed by atoms with E-state index in [4.69, 9.17) is 5.11 Å². The number of aromatic carboxylic acids is 1. The van der Waals surface area contributed by atoms with Gasteiger partial charge in [0.25, 0.3) is 0 Å². The molecule has 1 rings (SSSR count). The van der Waals surface area contributed by atoms with E-state index in [1.165, 1.54) is 6.20 Å². The van der Waals surface area contributed by atoms with Crippen molar-refractivity contribution in [2.24, 2.45) is 0 Å². The summed E-state index contributed by atoms with van der Waals surface area (Å²) in [7, 11) is 3.98. The van der Waals surface area contributed by atoms with Crippen molar-refractivity contribution in [2.45, 2.75) is 19.4 Å². The zero-order valence-corrected chi connectivity index (χ0v) is 10.7. The Morgan fingerprint density at radius 2 is 2.18 bits per heavy atom. The molecule has 94 valence electrons. The lowest BCUT2D eigenvalue weighted by Gasteiger charge is -2.33. The van der Waals surface area contributed by atoms with Crippen molar-refractivity contribution in [3.63, 3.8) is 0 Å². The van der Waals surface area contributed by atoms with Crippen molar-refractivity contribution in [2.75, 3.05) is 26.0 Å². The third-order valence-corrected chi connectivity index (χ3v) is 2.97. The van der Waals surface area contributed by atoms with Crippen LogP contribution in [-0.2, 0) is 0 Å². The monoisotopic (exact) mass is 237 g/mol. The zero-order chi connectivity index (χ0) is 13.1. The van der Waals surface area contributed by atoms with Gasteiger partial charge in [0.2, 0.25) is 0 Å². The largest absolute Gasteiger partial charge is 0.478 e. The molecule has 0 spiro atoms. The lowest BCUT2D eigenvalue weighted by Crippen LogP contribution is -2.44. The maximum absolute atomic E-state index is 11.0. The van der Waals surface area contributed by atoms with Gasteiger partial charge >= 0.3 is 5.97 Å². The Labute approximate surface area is 101 Å². The highest BCUT2D eigenvalue weighted by atomic mass is 16.4. The van der Waals surface area contributed by atoms with Crippen molar-refractivity contribution in [3.05, 3.63) is 24.0 Å². The van der Waals surface area contributed by atoms with E-state index in [0.717, 1.165) is 0 Å². The van der Waals surface area contributed by atoms with Crippen LogP contribution < -0.4 is 5.32 Å². The smallest absolute Gasteiger partial charge is 0.339 e. The number of hydrogen-bond acceptors (Lipinski definition) is 4. The van der Waals surface area contributed by atoms with Crippen molar-refractivity contribution < 1.29 is 9.90 Å². The molecule has 0 saturated heterocycles. The average molecular weight is 237 g/mol. The second-order valence-corrected chi connectivity index (χ2v) is 4.79. The third kappa shape index (κ3) is 3.42. The van der Waals surface area contributed by atoms with Gasteiger partial charge in [0, 0.05) is 24.5 Å². The van der Waals surface area contributed by atoms with Crippen LogP contribution in [0.4, 0.5) is 5.69 Å². The summed E-state index contributed by atoms with van der Waals surface area (Å²) < 4.78 is 0. The predicted molar refractivity (Wildman–Crippen MR) is 67.5 cm³/mol. The second kappa shape index (κ2) is 5.14. The summed E-state index contributed by atoms with van der Waals surface area (Å²) in [6.45, 7) is 4.83. The van der Waals surface area contributed by atoms with Crippen LogP contribution in [0.25, 0.3) is 0 Å². The van der Waals surface area contributed by atoms with Gasteiger partial charge in [-0.15, -0.1) is 0 Å².